The van der Waals surface area contributed by atoms with E-state index in [-0.39, 0.29) is 42.3 Å². The van der Waals surface area contributed by atoms with Gasteiger partial charge in [-0.05, 0) is 45.4 Å². The lowest BCUT2D eigenvalue weighted by Gasteiger charge is -2.38. The number of ether oxygens (including phenoxy) is 1. The molecule has 2 heterocycles. The molecule has 2 aliphatic rings. The summed E-state index contributed by atoms with van der Waals surface area (Å²) in [5, 5.41) is 3.12. The quantitative estimate of drug-likeness (QED) is 0.767. The summed E-state index contributed by atoms with van der Waals surface area (Å²) in [5.74, 6) is 0.133. The van der Waals surface area contributed by atoms with E-state index in [1.54, 1.807) is 24.3 Å². The van der Waals surface area contributed by atoms with Crippen LogP contribution in [0.15, 0.2) is 42.5 Å². The molecule has 6 heteroatoms. The lowest BCUT2D eigenvalue weighted by atomic mass is 9.89. The summed E-state index contributed by atoms with van der Waals surface area (Å²) in [6, 6.07) is 12.7. The molecule has 0 unspecified atom stereocenters. The summed E-state index contributed by atoms with van der Waals surface area (Å²) in [6.07, 6.45) is 1.34. The molecule has 6 nitrogen and oxygen atoms in total. The number of aryl methyl sites for hydroxylation is 1. The molecule has 0 spiro atoms. The van der Waals surface area contributed by atoms with Crippen molar-refractivity contribution in [3.05, 3.63) is 64.7 Å². The van der Waals surface area contributed by atoms with Gasteiger partial charge < -0.3 is 10.1 Å². The summed E-state index contributed by atoms with van der Waals surface area (Å²) in [4.78, 5) is 38.7. The lowest BCUT2D eigenvalue weighted by Crippen LogP contribution is -2.41. The Labute approximate surface area is 176 Å². The molecule has 0 radical (unpaired) electrons. The number of benzene rings is 2. The summed E-state index contributed by atoms with van der Waals surface area (Å²) >= 11 is 0. The number of hydrogen-bond donors (Lipinski definition) is 1. The van der Waals surface area contributed by atoms with Gasteiger partial charge in [0.1, 0.15) is 11.4 Å². The fourth-order valence-corrected chi connectivity index (χ4v) is 4.21. The number of fused-ring (bicyclic) bond motifs is 2. The van der Waals surface area contributed by atoms with Crippen molar-refractivity contribution < 1.29 is 19.1 Å². The average molecular weight is 406 g/mol. The Balaban J connectivity index is 1.37. The normalized spacial score (nSPS) is 19.2. The molecular formula is C24H26N2O4. The Hall–Kier alpha value is -3.15. The van der Waals surface area contributed by atoms with Gasteiger partial charge in [-0.2, -0.15) is 0 Å². The predicted octanol–water partition coefficient (Wildman–Crippen LogP) is 3.79. The smallest absolute Gasteiger partial charge is 0.261 e. The van der Waals surface area contributed by atoms with E-state index in [4.69, 9.17) is 4.74 Å². The number of amides is 3. The van der Waals surface area contributed by atoms with Crippen molar-refractivity contribution in [3.8, 4) is 5.75 Å². The molecule has 156 valence electrons. The van der Waals surface area contributed by atoms with Crippen LogP contribution in [0.2, 0.25) is 0 Å². The largest absolute Gasteiger partial charge is 0.487 e. The van der Waals surface area contributed by atoms with Crippen LogP contribution >= 0.6 is 0 Å². The van der Waals surface area contributed by atoms with Gasteiger partial charge in [0, 0.05) is 24.9 Å². The van der Waals surface area contributed by atoms with Gasteiger partial charge in [-0.15, -0.1) is 0 Å². The Bertz CT molecular complexity index is 993. The highest BCUT2D eigenvalue weighted by molar-refractivity contribution is 6.21. The molecule has 3 amide bonds. The topological polar surface area (TPSA) is 75.7 Å². The van der Waals surface area contributed by atoms with Crippen LogP contribution in [0.3, 0.4) is 0 Å². The fraction of sp³-hybridized carbons (Fsp3) is 0.375. The molecule has 1 atom stereocenters. The van der Waals surface area contributed by atoms with Crippen LogP contribution in [0.25, 0.3) is 0 Å². The van der Waals surface area contributed by atoms with Crippen molar-refractivity contribution in [1.82, 2.24) is 10.2 Å². The Morgan fingerprint density at radius 1 is 1.13 bits per heavy atom. The molecule has 4 rings (SSSR count). The van der Waals surface area contributed by atoms with Crippen LogP contribution in [0.1, 0.15) is 71.0 Å². The summed E-state index contributed by atoms with van der Waals surface area (Å²) in [6.45, 7) is 6.27. The number of nitrogens with zero attached hydrogens (tertiary/aromatic N) is 1. The van der Waals surface area contributed by atoms with E-state index in [1.165, 1.54) is 4.90 Å². The Morgan fingerprint density at radius 2 is 1.80 bits per heavy atom. The number of imide groups is 1. The SMILES string of the molecule is Cc1ccc2c(c1)[C@@H](NC(=O)CCCN1C(=O)c3ccccc3C1=O)CC(C)(C)O2. The first kappa shape index (κ1) is 20.1. The predicted molar refractivity (Wildman–Crippen MR) is 112 cm³/mol. The molecule has 0 saturated heterocycles. The highest BCUT2D eigenvalue weighted by Gasteiger charge is 2.36. The molecule has 0 bridgehead atoms. The van der Waals surface area contributed by atoms with Crippen molar-refractivity contribution in [2.45, 2.75) is 51.7 Å². The minimum absolute atomic E-state index is 0.0956. The van der Waals surface area contributed by atoms with E-state index in [2.05, 4.69) is 5.32 Å². The van der Waals surface area contributed by atoms with E-state index in [0.29, 0.717) is 24.0 Å². The van der Waals surface area contributed by atoms with Gasteiger partial charge in [0.25, 0.3) is 11.8 Å². The molecule has 2 aromatic carbocycles. The van der Waals surface area contributed by atoms with Gasteiger partial charge in [0.15, 0.2) is 0 Å². The summed E-state index contributed by atoms with van der Waals surface area (Å²) < 4.78 is 6.06. The monoisotopic (exact) mass is 406 g/mol. The molecule has 0 fully saturated rings. The van der Waals surface area contributed by atoms with Crippen molar-refractivity contribution >= 4 is 17.7 Å². The van der Waals surface area contributed by atoms with Crippen LogP contribution in [-0.4, -0.2) is 34.8 Å². The average Bonchev–Trinajstić information content (AvgIpc) is 2.93. The van der Waals surface area contributed by atoms with Crippen LogP contribution in [0.4, 0.5) is 0 Å². The number of hydrogen-bond acceptors (Lipinski definition) is 4. The minimum Gasteiger partial charge on any atom is -0.487 e. The van der Waals surface area contributed by atoms with Crippen LogP contribution < -0.4 is 10.1 Å². The molecule has 0 saturated carbocycles. The van der Waals surface area contributed by atoms with Crippen molar-refractivity contribution in [1.29, 1.82) is 0 Å². The third-order valence-corrected chi connectivity index (χ3v) is 5.62. The van der Waals surface area contributed by atoms with Crippen molar-refractivity contribution in [2.75, 3.05) is 6.54 Å². The van der Waals surface area contributed by atoms with E-state index in [1.807, 2.05) is 39.0 Å². The van der Waals surface area contributed by atoms with Gasteiger partial charge in [0.05, 0.1) is 17.2 Å². The van der Waals surface area contributed by atoms with E-state index >= 15 is 0 Å². The molecule has 2 aromatic rings. The first-order valence-electron chi connectivity index (χ1n) is 10.3. The van der Waals surface area contributed by atoms with E-state index < -0.39 is 0 Å². The zero-order valence-corrected chi connectivity index (χ0v) is 17.5. The van der Waals surface area contributed by atoms with Gasteiger partial charge >= 0.3 is 0 Å². The zero-order valence-electron chi connectivity index (χ0n) is 17.5. The fourth-order valence-electron chi connectivity index (χ4n) is 4.21. The van der Waals surface area contributed by atoms with Gasteiger partial charge in [-0.25, -0.2) is 0 Å². The Kier molecular flexibility index (Phi) is 5.10. The summed E-state index contributed by atoms with van der Waals surface area (Å²) in [5.41, 5.74) is 2.59. The maximum Gasteiger partial charge on any atom is 0.261 e. The second-order valence-electron chi connectivity index (χ2n) is 8.64. The highest BCUT2D eigenvalue weighted by Crippen LogP contribution is 2.39. The molecular weight excluding hydrogens is 380 g/mol. The third kappa shape index (κ3) is 3.82. The highest BCUT2D eigenvalue weighted by atomic mass is 16.5. The number of rotatable bonds is 5. The molecule has 1 N–H and O–H groups in total. The van der Waals surface area contributed by atoms with E-state index in [0.717, 1.165) is 16.9 Å². The number of carbonyl (C=O) groups excluding carboxylic acids is 3. The maximum absolute atomic E-state index is 12.6. The first-order chi connectivity index (χ1) is 14.2. The third-order valence-electron chi connectivity index (χ3n) is 5.62. The molecule has 2 aliphatic heterocycles. The van der Waals surface area contributed by atoms with Crippen LogP contribution in [0.5, 0.6) is 5.75 Å². The van der Waals surface area contributed by atoms with E-state index in [9.17, 15) is 14.4 Å². The summed E-state index contributed by atoms with van der Waals surface area (Å²) in [7, 11) is 0. The number of carbonyl (C=O) groups is 3. The lowest BCUT2D eigenvalue weighted by molar-refractivity contribution is -0.122. The maximum atomic E-state index is 12.6. The van der Waals surface area contributed by atoms with Crippen LogP contribution in [-0.2, 0) is 4.79 Å². The second kappa shape index (κ2) is 7.59. The molecule has 30 heavy (non-hydrogen) atoms. The minimum atomic E-state index is -0.375. The standard InChI is InChI=1S/C24H26N2O4/c1-15-10-11-20-18(13-15)19(14-24(2,3)30-20)25-21(27)9-6-12-26-22(28)16-7-4-5-8-17(16)23(26)29/h4-5,7-8,10-11,13,19H,6,9,12,14H2,1-3H3,(H,25,27)/t19-/m0/s1. The first-order valence-corrected chi connectivity index (χ1v) is 10.3. The van der Waals surface area contributed by atoms with Crippen molar-refractivity contribution in [3.63, 3.8) is 0 Å². The van der Waals surface area contributed by atoms with Gasteiger partial charge in [0.2, 0.25) is 5.91 Å². The van der Waals surface area contributed by atoms with Crippen LogP contribution in [0, 0.1) is 6.92 Å². The number of nitrogens with one attached hydrogen (secondary N) is 1. The molecule has 0 aliphatic carbocycles. The van der Waals surface area contributed by atoms with Gasteiger partial charge in [-0.1, -0.05) is 29.8 Å². The second-order valence-corrected chi connectivity index (χ2v) is 8.64. The Morgan fingerprint density at radius 3 is 2.47 bits per heavy atom. The van der Waals surface area contributed by atoms with Gasteiger partial charge in [-0.3, -0.25) is 19.3 Å². The molecule has 0 aromatic heterocycles. The van der Waals surface area contributed by atoms with Crippen molar-refractivity contribution in [2.24, 2.45) is 0 Å². The zero-order chi connectivity index (χ0) is 21.5.